The van der Waals surface area contributed by atoms with Gasteiger partial charge in [-0.15, -0.1) is 0 Å². The molecule has 0 aliphatic heterocycles. The molecule has 0 radical (unpaired) electrons. The largest absolute Gasteiger partial charge is 0.371 e. The molecule has 2 heteroatoms. The van der Waals surface area contributed by atoms with Gasteiger partial charge in [0, 0.05) is 25.3 Å². The zero-order valence-corrected chi connectivity index (χ0v) is 10.4. The summed E-state index contributed by atoms with van der Waals surface area (Å²) in [6.07, 6.45) is 2.81. The molecule has 1 aliphatic carbocycles. The zero-order chi connectivity index (χ0) is 11.5. The summed E-state index contributed by atoms with van der Waals surface area (Å²) in [5, 5.41) is 0. The van der Waals surface area contributed by atoms with E-state index >= 15 is 0 Å². The van der Waals surface area contributed by atoms with Gasteiger partial charge in [-0.1, -0.05) is 18.2 Å². The third-order valence-electron chi connectivity index (χ3n) is 3.41. The summed E-state index contributed by atoms with van der Waals surface area (Å²) in [6.45, 7) is 7.33. The number of rotatable bonds is 5. The van der Waals surface area contributed by atoms with E-state index in [4.69, 9.17) is 5.73 Å². The maximum absolute atomic E-state index is 5.83. The molecule has 0 saturated heterocycles. The Bertz CT molecular complexity index is 356. The smallest absolute Gasteiger partial charge is 0.0441 e. The number of benzene rings is 1. The van der Waals surface area contributed by atoms with Crippen molar-refractivity contribution in [1.29, 1.82) is 0 Å². The molecular formula is C14H22N2. The van der Waals surface area contributed by atoms with Crippen molar-refractivity contribution >= 4 is 5.69 Å². The summed E-state index contributed by atoms with van der Waals surface area (Å²) in [4.78, 5) is 2.50. The maximum Gasteiger partial charge on any atom is 0.0441 e. The van der Waals surface area contributed by atoms with E-state index in [0.717, 1.165) is 12.5 Å². The molecule has 1 aromatic rings. The molecule has 1 aromatic carbocycles. The quantitative estimate of drug-likeness (QED) is 0.823. The van der Waals surface area contributed by atoms with Crippen LogP contribution in [0.25, 0.3) is 0 Å². The molecule has 1 aliphatic rings. The van der Waals surface area contributed by atoms with Crippen molar-refractivity contribution in [1.82, 2.24) is 0 Å². The highest BCUT2D eigenvalue weighted by molar-refractivity contribution is 5.59. The number of hydrogen-bond donors (Lipinski definition) is 1. The first kappa shape index (κ1) is 11.5. The van der Waals surface area contributed by atoms with Crippen molar-refractivity contribution in [2.75, 3.05) is 18.0 Å². The van der Waals surface area contributed by atoms with Crippen LogP contribution < -0.4 is 10.6 Å². The summed E-state index contributed by atoms with van der Waals surface area (Å²) in [7, 11) is 0. The first-order chi connectivity index (χ1) is 7.76. The molecule has 0 aromatic heterocycles. The fourth-order valence-electron chi connectivity index (χ4n) is 2.33. The summed E-state index contributed by atoms with van der Waals surface area (Å²) >= 11 is 0. The van der Waals surface area contributed by atoms with E-state index in [2.05, 4.69) is 36.9 Å². The molecule has 16 heavy (non-hydrogen) atoms. The second-order valence-electron chi connectivity index (χ2n) is 4.77. The van der Waals surface area contributed by atoms with E-state index < -0.39 is 0 Å². The van der Waals surface area contributed by atoms with Gasteiger partial charge >= 0.3 is 0 Å². The van der Waals surface area contributed by atoms with Crippen LogP contribution in [0.1, 0.15) is 30.9 Å². The molecule has 2 rings (SSSR count). The van der Waals surface area contributed by atoms with Crippen molar-refractivity contribution in [3.05, 3.63) is 29.3 Å². The van der Waals surface area contributed by atoms with Gasteiger partial charge in [0.15, 0.2) is 0 Å². The third kappa shape index (κ3) is 2.38. The number of para-hydroxylation sites is 1. The van der Waals surface area contributed by atoms with E-state index in [9.17, 15) is 0 Å². The lowest BCUT2D eigenvalue weighted by Crippen LogP contribution is -2.27. The SMILES string of the molecule is CCN(CC1CC1)c1c(C)cccc1CN. The molecule has 1 fully saturated rings. The van der Waals surface area contributed by atoms with Gasteiger partial charge in [0.1, 0.15) is 0 Å². The van der Waals surface area contributed by atoms with Crippen LogP contribution in [-0.2, 0) is 6.54 Å². The van der Waals surface area contributed by atoms with Crippen molar-refractivity contribution in [2.45, 2.75) is 33.2 Å². The minimum Gasteiger partial charge on any atom is -0.371 e. The van der Waals surface area contributed by atoms with Crippen LogP contribution in [0.4, 0.5) is 5.69 Å². The molecule has 88 valence electrons. The number of anilines is 1. The van der Waals surface area contributed by atoms with Gasteiger partial charge in [-0.25, -0.2) is 0 Å². The average molecular weight is 218 g/mol. The molecule has 0 spiro atoms. The van der Waals surface area contributed by atoms with E-state index in [-0.39, 0.29) is 0 Å². The van der Waals surface area contributed by atoms with Crippen LogP contribution in [0.15, 0.2) is 18.2 Å². The molecular weight excluding hydrogens is 196 g/mol. The molecule has 0 unspecified atom stereocenters. The fraction of sp³-hybridized carbons (Fsp3) is 0.571. The Kier molecular flexibility index (Phi) is 3.49. The summed E-state index contributed by atoms with van der Waals surface area (Å²) in [5.41, 5.74) is 9.84. The lowest BCUT2D eigenvalue weighted by molar-refractivity contribution is 0.735. The Labute approximate surface area is 98.4 Å². The first-order valence-electron chi connectivity index (χ1n) is 6.29. The molecule has 1 saturated carbocycles. The lowest BCUT2D eigenvalue weighted by atomic mass is 10.1. The first-order valence-corrected chi connectivity index (χ1v) is 6.29. The number of nitrogens with two attached hydrogens (primary N) is 1. The van der Waals surface area contributed by atoms with E-state index in [1.165, 1.54) is 36.2 Å². The Balaban J connectivity index is 2.26. The van der Waals surface area contributed by atoms with E-state index in [1.54, 1.807) is 0 Å². The predicted molar refractivity (Wildman–Crippen MR) is 69.7 cm³/mol. The molecule has 2 N–H and O–H groups in total. The predicted octanol–water partition coefficient (Wildman–Crippen LogP) is 2.69. The molecule has 0 atom stereocenters. The van der Waals surface area contributed by atoms with Crippen LogP contribution >= 0.6 is 0 Å². The van der Waals surface area contributed by atoms with Crippen LogP contribution in [-0.4, -0.2) is 13.1 Å². The Morgan fingerprint density at radius 1 is 1.38 bits per heavy atom. The Hall–Kier alpha value is -1.02. The van der Waals surface area contributed by atoms with Gasteiger partial charge in [-0.2, -0.15) is 0 Å². The van der Waals surface area contributed by atoms with Crippen molar-refractivity contribution in [3.8, 4) is 0 Å². The Morgan fingerprint density at radius 2 is 2.12 bits per heavy atom. The highest BCUT2D eigenvalue weighted by Gasteiger charge is 2.25. The van der Waals surface area contributed by atoms with Crippen LogP contribution in [0.2, 0.25) is 0 Å². The van der Waals surface area contributed by atoms with Gasteiger partial charge in [0.25, 0.3) is 0 Å². The highest BCUT2D eigenvalue weighted by atomic mass is 15.1. The van der Waals surface area contributed by atoms with Gasteiger partial charge < -0.3 is 10.6 Å². The van der Waals surface area contributed by atoms with Crippen molar-refractivity contribution in [3.63, 3.8) is 0 Å². The van der Waals surface area contributed by atoms with Crippen LogP contribution in [0.3, 0.4) is 0 Å². The third-order valence-corrected chi connectivity index (χ3v) is 3.41. The fourth-order valence-corrected chi connectivity index (χ4v) is 2.33. The van der Waals surface area contributed by atoms with Crippen LogP contribution in [0.5, 0.6) is 0 Å². The molecule has 0 bridgehead atoms. The van der Waals surface area contributed by atoms with Crippen molar-refractivity contribution in [2.24, 2.45) is 11.7 Å². The average Bonchev–Trinajstić information content (AvgIpc) is 3.10. The minimum atomic E-state index is 0.637. The second kappa shape index (κ2) is 4.88. The van der Waals surface area contributed by atoms with E-state index in [0.29, 0.717) is 6.54 Å². The second-order valence-corrected chi connectivity index (χ2v) is 4.77. The van der Waals surface area contributed by atoms with E-state index in [1.807, 2.05) is 0 Å². The Morgan fingerprint density at radius 3 is 2.69 bits per heavy atom. The zero-order valence-electron chi connectivity index (χ0n) is 10.4. The van der Waals surface area contributed by atoms with Crippen molar-refractivity contribution < 1.29 is 0 Å². The number of hydrogen-bond acceptors (Lipinski definition) is 2. The van der Waals surface area contributed by atoms with Gasteiger partial charge in [-0.3, -0.25) is 0 Å². The topological polar surface area (TPSA) is 29.3 Å². The normalized spacial score (nSPS) is 15.2. The van der Waals surface area contributed by atoms with Gasteiger partial charge in [-0.05, 0) is 43.7 Å². The number of aryl methyl sites for hydroxylation is 1. The monoisotopic (exact) mass is 218 g/mol. The van der Waals surface area contributed by atoms with Gasteiger partial charge in [0.05, 0.1) is 0 Å². The van der Waals surface area contributed by atoms with Crippen LogP contribution in [0, 0.1) is 12.8 Å². The lowest BCUT2D eigenvalue weighted by Gasteiger charge is -2.27. The minimum absolute atomic E-state index is 0.637. The summed E-state index contributed by atoms with van der Waals surface area (Å²) < 4.78 is 0. The molecule has 0 amide bonds. The summed E-state index contributed by atoms with van der Waals surface area (Å²) in [5.74, 6) is 0.921. The standard InChI is InChI=1S/C14H22N2/c1-3-16(10-12-7-8-12)14-11(2)5-4-6-13(14)9-15/h4-6,12H,3,7-10,15H2,1-2H3. The highest BCUT2D eigenvalue weighted by Crippen LogP contribution is 2.33. The molecule has 2 nitrogen and oxygen atoms in total. The molecule has 0 heterocycles. The number of nitrogens with zero attached hydrogens (tertiary/aromatic N) is 1. The maximum atomic E-state index is 5.83. The summed E-state index contributed by atoms with van der Waals surface area (Å²) in [6, 6.07) is 6.44. The van der Waals surface area contributed by atoms with Gasteiger partial charge in [0.2, 0.25) is 0 Å².